The third kappa shape index (κ3) is 3.56. The topological polar surface area (TPSA) is 29.5 Å². The van der Waals surface area contributed by atoms with Gasteiger partial charge in [0.1, 0.15) is 0 Å². The number of rotatable bonds is 2. The molecule has 2 atom stereocenters. The predicted molar refractivity (Wildman–Crippen MR) is 74.4 cm³/mol. The van der Waals surface area contributed by atoms with E-state index in [1.165, 1.54) is 0 Å². The van der Waals surface area contributed by atoms with E-state index in [9.17, 15) is 4.79 Å². The van der Waals surface area contributed by atoms with Crippen molar-refractivity contribution in [1.29, 1.82) is 0 Å². The molecule has 1 aromatic carbocycles. The first-order chi connectivity index (χ1) is 8.54. The van der Waals surface area contributed by atoms with E-state index < -0.39 is 0 Å². The molecule has 0 N–H and O–H groups in total. The maximum Gasteiger partial charge on any atom is 0.227 e. The molecular weight excluding hydrogens is 294 g/mol. The summed E-state index contributed by atoms with van der Waals surface area (Å²) in [5.41, 5.74) is 1.05. The van der Waals surface area contributed by atoms with Gasteiger partial charge in [-0.25, -0.2) is 0 Å². The molecule has 3 nitrogen and oxygen atoms in total. The number of amides is 1. The van der Waals surface area contributed by atoms with E-state index in [2.05, 4.69) is 15.9 Å². The lowest BCUT2D eigenvalue weighted by molar-refractivity contribution is -0.142. The minimum Gasteiger partial charge on any atom is -0.372 e. The van der Waals surface area contributed by atoms with E-state index in [0.717, 1.165) is 10.0 Å². The van der Waals surface area contributed by atoms with Crippen LogP contribution in [0.2, 0.25) is 0 Å². The van der Waals surface area contributed by atoms with E-state index in [-0.39, 0.29) is 18.1 Å². The molecule has 98 valence electrons. The van der Waals surface area contributed by atoms with Crippen LogP contribution in [0, 0.1) is 0 Å². The molecule has 0 radical (unpaired) electrons. The Kier molecular flexibility index (Phi) is 4.40. The number of halogens is 1. The average molecular weight is 312 g/mol. The van der Waals surface area contributed by atoms with Crippen LogP contribution >= 0.6 is 15.9 Å². The second-order valence-corrected chi connectivity index (χ2v) is 5.77. The van der Waals surface area contributed by atoms with Gasteiger partial charge in [0.2, 0.25) is 5.91 Å². The summed E-state index contributed by atoms with van der Waals surface area (Å²) >= 11 is 3.39. The number of morpholine rings is 1. The van der Waals surface area contributed by atoms with E-state index >= 15 is 0 Å². The van der Waals surface area contributed by atoms with Crippen molar-refractivity contribution in [3.05, 3.63) is 34.3 Å². The number of carbonyl (C=O) groups excluding carboxylic acids is 1. The molecule has 18 heavy (non-hydrogen) atoms. The SMILES string of the molecule is C[C@@H]1CN(C(=O)Cc2ccc(Br)cc2)C[C@@H](C)O1. The Morgan fingerprint density at radius 2 is 1.83 bits per heavy atom. The number of hydrogen-bond acceptors (Lipinski definition) is 2. The molecule has 0 bridgehead atoms. The van der Waals surface area contributed by atoms with Gasteiger partial charge >= 0.3 is 0 Å². The minimum atomic E-state index is 0.127. The quantitative estimate of drug-likeness (QED) is 0.840. The molecule has 1 amide bonds. The van der Waals surface area contributed by atoms with Crippen LogP contribution in [0.15, 0.2) is 28.7 Å². The van der Waals surface area contributed by atoms with Gasteiger partial charge in [-0.05, 0) is 31.5 Å². The van der Waals surface area contributed by atoms with Crippen LogP contribution in [0.25, 0.3) is 0 Å². The maximum absolute atomic E-state index is 12.2. The zero-order valence-electron chi connectivity index (χ0n) is 10.7. The van der Waals surface area contributed by atoms with Crippen molar-refractivity contribution in [1.82, 2.24) is 4.90 Å². The summed E-state index contributed by atoms with van der Waals surface area (Å²) in [6.45, 7) is 5.41. The monoisotopic (exact) mass is 311 g/mol. The van der Waals surface area contributed by atoms with Gasteiger partial charge in [-0.15, -0.1) is 0 Å². The molecule has 1 aliphatic rings. The van der Waals surface area contributed by atoms with E-state index in [1.54, 1.807) is 0 Å². The third-order valence-corrected chi connectivity index (χ3v) is 3.57. The summed E-state index contributed by atoms with van der Waals surface area (Å²) in [6, 6.07) is 7.89. The summed E-state index contributed by atoms with van der Waals surface area (Å²) in [7, 11) is 0. The Balaban J connectivity index is 1.97. The van der Waals surface area contributed by atoms with Crippen molar-refractivity contribution >= 4 is 21.8 Å². The van der Waals surface area contributed by atoms with Crippen LogP contribution in [0.5, 0.6) is 0 Å². The van der Waals surface area contributed by atoms with Crippen molar-refractivity contribution in [3.63, 3.8) is 0 Å². The molecule has 0 unspecified atom stereocenters. The highest BCUT2D eigenvalue weighted by Crippen LogP contribution is 2.14. The molecule has 1 fully saturated rings. The smallest absolute Gasteiger partial charge is 0.227 e. The highest BCUT2D eigenvalue weighted by molar-refractivity contribution is 9.10. The Labute approximate surface area is 116 Å². The molecule has 1 aromatic rings. The molecule has 1 aliphatic heterocycles. The molecule has 4 heteroatoms. The molecule has 2 rings (SSSR count). The van der Waals surface area contributed by atoms with Crippen molar-refractivity contribution in [2.24, 2.45) is 0 Å². The predicted octanol–water partition coefficient (Wildman–Crippen LogP) is 2.63. The van der Waals surface area contributed by atoms with Gasteiger partial charge in [-0.3, -0.25) is 4.79 Å². The lowest BCUT2D eigenvalue weighted by atomic mass is 10.1. The normalized spacial score (nSPS) is 24.1. The molecule has 1 saturated heterocycles. The van der Waals surface area contributed by atoms with Crippen LogP contribution in [-0.2, 0) is 16.0 Å². The minimum absolute atomic E-state index is 0.127. The summed E-state index contributed by atoms with van der Waals surface area (Å²) in [5, 5.41) is 0. The Hall–Kier alpha value is -0.870. The largest absolute Gasteiger partial charge is 0.372 e. The number of carbonyl (C=O) groups is 1. The Morgan fingerprint density at radius 1 is 1.28 bits per heavy atom. The lowest BCUT2D eigenvalue weighted by Crippen LogP contribution is -2.48. The fraction of sp³-hybridized carbons (Fsp3) is 0.500. The van der Waals surface area contributed by atoms with Gasteiger partial charge in [0.15, 0.2) is 0 Å². The van der Waals surface area contributed by atoms with Crippen LogP contribution in [0.4, 0.5) is 0 Å². The van der Waals surface area contributed by atoms with Crippen molar-refractivity contribution in [2.45, 2.75) is 32.5 Å². The summed E-state index contributed by atoms with van der Waals surface area (Å²) < 4.78 is 6.67. The third-order valence-electron chi connectivity index (χ3n) is 3.04. The second-order valence-electron chi connectivity index (χ2n) is 4.86. The van der Waals surface area contributed by atoms with E-state index in [0.29, 0.717) is 19.5 Å². The first-order valence-electron chi connectivity index (χ1n) is 6.22. The van der Waals surface area contributed by atoms with Gasteiger partial charge in [0, 0.05) is 17.6 Å². The van der Waals surface area contributed by atoms with Crippen LogP contribution in [0.3, 0.4) is 0 Å². The molecule has 0 aromatic heterocycles. The number of ether oxygens (including phenoxy) is 1. The van der Waals surface area contributed by atoms with Gasteiger partial charge < -0.3 is 9.64 Å². The van der Waals surface area contributed by atoms with Gasteiger partial charge in [0.05, 0.1) is 18.6 Å². The highest BCUT2D eigenvalue weighted by atomic mass is 79.9. The first-order valence-corrected chi connectivity index (χ1v) is 7.01. The summed E-state index contributed by atoms with van der Waals surface area (Å²) in [5.74, 6) is 0.180. The second kappa shape index (κ2) is 5.85. The number of nitrogens with zero attached hydrogens (tertiary/aromatic N) is 1. The average Bonchev–Trinajstić information content (AvgIpc) is 2.31. The van der Waals surface area contributed by atoms with Crippen LogP contribution in [-0.4, -0.2) is 36.1 Å². The van der Waals surface area contributed by atoms with Crippen molar-refractivity contribution in [3.8, 4) is 0 Å². The standard InChI is InChI=1S/C14H18BrNO2/c1-10-8-16(9-11(2)18-10)14(17)7-12-3-5-13(15)6-4-12/h3-6,10-11H,7-9H2,1-2H3/t10-,11-/m1/s1. The fourth-order valence-electron chi connectivity index (χ4n) is 2.27. The zero-order chi connectivity index (χ0) is 13.1. The summed E-state index contributed by atoms with van der Waals surface area (Å²) in [6.07, 6.45) is 0.720. The molecule has 0 saturated carbocycles. The number of benzene rings is 1. The number of hydrogen-bond donors (Lipinski definition) is 0. The van der Waals surface area contributed by atoms with Gasteiger partial charge in [-0.2, -0.15) is 0 Å². The summed E-state index contributed by atoms with van der Waals surface area (Å²) in [4.78, 5) is 14.1. The maximum atomic E-state index is 12.2. The first kappa shape index (κ1) is 13.6. The van der Waals surface area contributed by atoms with Crippen molar-refractivity contribution < 1.29 is 9.53 Å². The molecular formula is C14H18BrNO2. The van der Waals surface area contributed by atoms with Crippen LogP contribution in [0.1, 0.15) is 19.4 Å². The van der Waals surface area contributed by atoms with Gasteiger partial charge in [-0.1, -0.05) is 28.1 Å². The van der Waals surface area contributed by atoms with Crippen molar-refractivity contribution in [2.75, 3.05) is 13.1 Å². The lowest BCUT2D eigenvalue weighted by Gasteiger charge is -2.35. The molecule has 0 spiro atoms. The zero-order valence-corrected chi connectivity index (χ0v) is 12.3. The fourth-order valence-corrected chi connectivity index (χ4v) is 2.53. The van der Waals surface area contributed by atoms with E-state index in [1.807, 2.05) is 43.0 Å². The van der Waals surface area contributed by atoms with Crippen LogP contribution < -0.4 is 0 Å². The Bertz CT molecular complexity index is 408. The van der Waals surface area contributed by atoms with Gasteiger partial charge in [0.25, 0.3) is 0 Å². The highest BCUT2D eigenvalue weighted by Gasteiger charge is 2.25. The Morgan fingerprint density at radius 3 is 2.39 bits per heavy atom. The molecule has 0 aliphatic carbocycles. The molecule has 1 heterocycles. The van der Waals surface area contributed by atoms with E-state index in [4.69, 9.17) is 4.74 Å².